The van der Waals surface area contributed by atoms with E-state index in [-0.39, 0.29) is 42.2 Å². The lowest BCUT2D eigenvalue weighted by molar-refractivity contribution is -0.129. The fourth-order valence-electron chi connectivity index (χ4n) is 11.3. The van der Waals surface area contributed by atoms with Crippen LogP contribution in [0.3, 0.4) is 0 Å². The number of nitrogens with one attached hydrogen (secondary N) is 1. The molecule has 0 radical (unpaired) electrons. The third kappa shape index (κ3) is 8.98. The predicted octanol–water partition coefficient (Wildman–Crippen LogP) is 5.47. The van der Waals surface area contributed by atoms with Gasteiger partial charge in [0.15, 0.2) is 9.84 Å². The van der Waals surface area contributed by atoms with Crippen molar-refractivity contribution in [2.24, 2.45) is 17.8 Å². The molecule has 2 aromatic carbocycles. The van der Waals surface area contributed by atoms with E-state index >= 15 is 0 Å². The van der Waals surface area contributed by atoms with Gasteiger partial charge < -0.3 is 30.0 Å². The molecule has 6 aliphatic rings. The molecule has 1 aliphatic carbocycles. The molecule has 0 aromatic heterocycles. The zero-order valence-electron chi connectivity index (χ0n) is 34.0. The fraction of sp³-hybridized carbons (Fsp3) is 0.644. The summed E-state index contributed by atoms with van der Waals surface area (Å²) in [5, 5.41) is 12.1. The van der Waals surface area contributed by atoms with Gasteiger partial charge in [0.05, 0.1) is 4.90 Å². The normalized spacial score (nSPS) is 26.7. The first-order chi connectivity index (χ1) is 28.1. The Bertz CT molecular complexity index is 1870. The van der Waals surface area contributed by atoms with Gasteiger partial charge >= 0.3 is 6.09 Å². The minimum atomic E-state index is -3.53. The van der Waals surface area contributed by atoms with Crippen LogP contribution in [-0.2, 0) is 20.0 Å². The number of hydrogen-bond acceptors (Lipinski definition) is 8. The molecule has 2 amide bonds. The summed E-state index contributed by atoms with van der Waals surface area (Å²) < 4.78 is 41.9. The van der Waals surface area contributed by atoms with Crippen LogP contribution in [0.5, 0.6) is 0 Å². The Morgan fingerprint density at radius 1 is 0.810 bits per heavy atom. The van der Waals surface area contributed by atoms with E-state index in [2.05, 4.69) is 31.0 Å². The lowest BCUT2D eigenvalue weighted by Crippen LogP contribution is -2.59. The van der Waals surface area contributed by atoms with Crippen LogP contribution in [0.2, 0.25) is 0 Å². The Morgan fingerprint density at radius 2 is 1.55 bits per heavy atom. The number of carbonyl (C=O) groups is 2. The van der Waals surface area contributed by atoms with E-state index in [1.165, 1.54) is 31.7 Å². The molecule has 8 rings (SSSR count). The molecule has 11 nitrogen and oxygen atoms in total. The number of carbonyl (C=O) groups excluding carboxylic acids is 1. The first kappa shape index (κ1) is 41.2. The van der Waals surface area contributed by atoms with E-state index in [1.807, 2.05) is 24.3 Å². The minimum Gasteiger partial charge on any atom is -0.465 e. The molecule has 6 fully saturated rings. The van der Waals surface area contributed by atoms with Crippen LogP contribution in [0.15, 0.2) is 65.6 Å². The molecular formula is C45H63FN6O5S. The topological polar surface area (TPSA) is 117 Å². The van der Waals surface area contributed by atoms with Crippen molar-refractivity contribution in [2.75, 3.05) is 90.0 Å². The summed E-state index contributed by atoms with van der Waals surface area (Å²) in [4.78, 5) is 36.4. The molecular weight excluding hydrogens is 756 g/mol. The highest BCUT2D eigenvalue weighted by Gasteiger charge is 2.53. The number of sulfone groups is 1. The van der Waals surface area contributed by atoms with Gasteiger partial charge in [-0.2, -0.15) is 0 Å². The average molecular weight is 819 g/mol. The van der Waals surface area contributed by atoms with Crippen molar-refractivity contribution in [3.63, 3.8) is 0 Å². The molecule has 316 valence electrons. The number of likely N-dealkylation sites (tertiary alicyclic amines) is 4. The van der Waals surface area contributed by atoms with Gasteiger partial charge in [-0.25, -0.2) is 17.6 Å². The lowest BCUT2D eigenvalue weighted by Gasteiger charge is -2.53. The summed E-state index contributed by atoms with van der Waals surface area (Å²) in [7, 11) is -3.53. The molecule has 0 spiro atoms. The van der Waals surface area contributed by atoms with E-state index in [4.69, 9.17) is 0 Å². The second-order valence-electron chi connectivity index (χ2n) is 18.1. The van der Waals surface area contributed by atoms with Gasteiger partial charge in [0.2, 0.25) is 5.91 Å². The van der Waals surface area contributed by atoms with Crippen molar-refractivity contribution in [2.45, 2.75) is 85.8 Å². The van der Waals surface area contributed by atoms with E-state index in [1.54, 1.807) is 29.2 Å². The van der Waals surface area contributed by atoms with Gasteiger partial charge in [-0.1, -0.05) is 31.1 Å². The number of nitrogens with zero attached hydrogens (tertiary/aromatic N) is 5. The monoisotopic (exact) mass is 818 g/mol. The smallest absolute Gasteiger partial charge is 0.404 e. The van der Waals surface area contributed by atoms with Crippen molar-refractivity contribution in [1.29, 1.82) is 0 Å². The average Bonchev–Trinajstić information content (AvgIpc) is 3.85. The Kier molecular flexibility index (Phi) is 12.8. The predicted molar refractivity (Wildman–Crippen MR) is 224 cm³/mol. The first-order valence-electron chi connectivity index (χ1n) is 22.1. The van der Waals surface area contributed by atoms with Crippen LogP contribution in [0, 0.1) is 23.6 Å². The van der Waals surface area contributed by atoms with E-state index in [9.17, 15) is 27.5 Å². The summed E-state index contributed by atoms with van der Waals surface area (Å²) in [6.07, 6.45) is 13.2. The largest absolute Gasteiger partial charge is 0.465 e. The molecule has 2 N–H and O–H groups in total. The van der Waals surface area contributed by atoms with Gasteiger partial charge in [0.25, 0.3) is 0 Å². The van der Waals surface area contributed by atoms with Gasteiger partial charge in [-0.15, -0.1) is 0 Å². The summed E-state index contributed by atoms with van der Waals surface area (Å²) in [5.74, 6) is 0.591. The van der Waals surface area contributed by atoms with Crippen molar-refractivity contribution in [3.8, 4) is 0 Å². The van der Waals surface area contributed by atoms with E-state index in [0.717, 1.165) is 122 Å². The zero-order valence-corrected chi connectivity index (χ0v) is 34.8. The van der Waals surface area contributed by atoms with Crippen molar-refractivity contribution < 1.29 is 27.5 Å². The molecule has 5 saturated heterocycles. The zero-order chi connectivity index (χ0) is 40.3. The molecule has 5 aliphatic heterocycles. The molecule has 2 aromatic rings. The Balaban J connectivity index is 0.851. The van der Waals surface area contributed by atoms with Crippen LogP contribution < -0.4 is 10.2 Å². The Morgan fingerprint density at radius 3 is 2.24 bits per heavy atom. The van der Waals surface area contributed by atoms with Crippen LogP contribution in [0.4, 0.5) is 14.9 Å². The molecule has 1 saturated carbocycles. The fourth-order valence-corrected chi connectivity index (χ4v) is 13.0. The molecule has 58 heavy (non-hydrogen) atoms. The maximum atomic E-state index is 15.0. The highest BCUT2D eigenvalue weighted by Crippen LogP contribution is 2.51. The molecule has 13 heteroatoms. The maximum absolute atomic E-state index is 15.0. The number of carboxylic acid groups (broad SMARTS) is 1. The van der Waals surface area contributed by atoms with E-state index < -0.39 is 21.2 Å². The van der Waals surface area contributed by atoms with Crippen LogP contribution in [0.1, 0.15) is 69.8 Å². The van der Waals surface area contributed by atoms with Crippen molar-refractivity contribution >= 4 is 27.5 Å². The number of piperidine rings is 2. The minimum absolute atomic E-state index is 0.112. The standard InChI is InChI=1S/C45H63FN6O5S/c46-37-9-4-8-36(28-37)45(33-50-23-7-24-50,41-10-5-11-42(41)47-44(54)55)35-18-25-49(26-19-35)29-34-17-27-51(30-34)38-13-15-39(16-14-38)58(56,57)40-31-52(32-40)43(53)12-6-22-48-20-2-1-3-21-48/h4,6,8-9,12-16,28,34-35,40-42,47H,1-3,5,7,10-11,17-27,29-33H2,(H,54,55)/b12-6+/t34-,41+,42+,45?/m1/s1. The summed E-state index contributed by atoms with van der Waals surface area (Å²) in [5.41, 5.74) is 1.74. The van der Waals surface area contributed by atoms with Gasteiger partial charge in [-0.3, -0.25) is 9.69 Å². The number of rotatable bonds is 14. The quantitative estimate of drug-likeness (QED) is 0.240. The van der Waals surface area contributed by atoms with Crippen LogP contribution in [-0.4, -0.2) is 141 Å². The SMILES string of the molecule is O=C(O)N[C@H]1CCC[C@@H]1C(CN1CCC1)(c1cccc(F)c1)C1CCN(C[C@H]2CCN(c3ccc(S(=O)(=O)C4CN(C(=O)/C=C/CN5CCCCC5)C4)cc3)C2)CC1. The number of anilines is 1. The third-order valence-corrected chi connectivity index (χ3v) is 16.7. The van der Waals surface area contributed by atoms with E-state index in [0.29, 0.717) is 16.7 Å². The van der Waals surface area contributed by atoms with Crippen LogP contribution in [0.25, 0.3) is 0 Å². The number of amides is 2. The first-order valence-corrected chi connectivity index (χ1v) is 23.6. The van der Waals surface area contributed by atoms with Crippen molar-refractivity contribution in [1.82, 2.24) is 24.9 Å². The Labute approximate surface area is 344 Å². The molecule has 4 atom stereocenters. The maximum Gasteiger partial charge on any atom is 0.404 e. The highest BCUT2D eigenvalue weighted by molar-refractivity contribution is 7.92. The Hall–Kier alpha value is -3.52. The molecule has 1 unspecified atom stereocenters. The lowest BCUT2D eigenvalue weighted by atomic mass is 9.57. The van der Waals surface area contributed by atoms with Gasteiger partial charge in [-0.05, 0) is 150 Å². The summed E-state index contributed by atoms with van der Waals surface area (Å²) in [6.45, 7) is 11.1. The molecule has 5 heterocycles. The third-order valence-electron chi connectivity index (χ3n) is 14.6. The van der Waals surface area contributed by atoms with Gasteiger partial charge in [0, 0.05) is 69.0 Å². The summed E-state index contributed by atoms with van der Waals surface area (Å²) >= 11 is 0. The number of hydrogen-bond donors (Lipinski definition) is 2. The number of benzene rings is 2. The second kappa shape index (κ2) is 18.0. The highest BCUT2D eigenvalue weighted by atomic mass is 32.2. The van der Waals surface area contributed by atoms with Crippen LogP contribution >= 0.6 is 0 Å². The summed E-state index contributed by atoms with van der Waals surface area (Å²) in [6, 6.07) is 14.4. The number of halogens is 1. The van der Waals surface area contributed by atoms with Gasteiger partial charge in [0.1, 0.15) is 11.1 Å². The van der Waals surface area contributed by atoms with Crippen molar-refractivity contribution in [3.05, 3.63) is 72.1 Å². The molecule has 0 bridgehead atoms. The second-order valence-corrected chi connectivity index (χ2v) is 20.3.